The summed E-state index contributed by atoms with van der Waals surface area (Å²) in [6, 6.07) is -1.01. The number of rotatable bonds is 34. The zero-order chi connectivity index (χ0) is 33.9. The van der Waals surface area contributed by atoms with E-state index >= 15 is 0 Å². The molecule has 0 aromatic heterocycles. The molecule has 0 bridgehead atoms. The Bertz CT molecular complexity index is 737. The van der Waals surface area contributed by atoms with Crippen molar-refractivity contribution in [3.05, 3.63) is 36.5 Å². The van der Waals surface area contributed by atoms with E-state index in [0.29, 0.717) is 19.3 Å². The van der Waals surface area contributed by atoms with Crippen LogP contribution in [0, 0.1) is 0 Å². The third-order valence-electron chi connectivity index (χ3n) is 8.81. The minimum absolute atomic E-state index is 0.360. The highest BCUT2D eigenvalue weighted by Crippen LogP contribution is 2.14. The molecule has 4 unspecified atom stereocenters. The second-order valence-corrected chi connectivity index (χ2v) is 13.3. The van der Waals surface area contributed by atoms with Crippen LogP contribution in [0.15, 0.2) is 36.5 Å². The van der Waals surface area contributed by atoms with Gasteiger partial charge in [-0.15, -0.1) is 0 Å². The van der Waals surface area contributed by atoms with Gasteiger partial charge < -0.3 is 25.7 Å². The van der Waals surface area contributed by atoms with Gasteiger partial charge in [0, 0.05) is 0 Å². The molecule has 0 saturated carbocycles. The molecule has 0 saturated heterocycles. The van der Waals surface area contributed by atoms with Gasteiger partial charge in [-0.1, -0.05) is 153 Å². The molecule has 0 fully saturated rings. The lowest BCUT2D eigenvalue weighted by Crippen LogP contribution is -2.53. The van der Waals surface area contributed by atoms with Gasteiger partial charge in [-0.2, -0.15) is 0 Å². The van der Waals surface area contributed by atoms with Gasteiger partial charge >= 0.3 is 0 Å². The zero-order valence-corrected chi connectivity index (χ0v) is 30.1. The first-order valence-electron chi connectivity index (χ1n) is 19.4. The topological polar surface area (TPSA) is 110 Å². The fraction of sp³-hybridized carbons (Fsp3) is 0.825. The standard InChI is InChI=1S/C40H75NO5/c1-3-5-7-9-11-13-15-17-18-19-20-21-22-24-25-27-29-31-33-37(43)39(45)36(35-42)41-40(46)38(44)34-32-30-28-26-23-16-14-12-10-8-6-4-2/h15,17,20-21,25,27,36-39,42-45H,3-14,16,18-19,22-24,26,28-35H2,1-2H3,(H,41,46)/b17-15+,21-20+,27-25+. The number of aliphatic hydroxyl groups excluding tert-OH is 4. The molecule has 0 radical (unpaired) electrons. The lowest BCUT2D eigenvalue weighted by atomic mass is 10.00. The Kier molecular flexibility index (Phi) is 33.7. The Labute approximate surface area is 284 Å². The van der Waals surface area contributed by atoms with Crippen molar-refractivity contribution in [2.45, 2.75) is 205 Å². The molecule has 0 rings (SSSR count). The monoisotopic (exact) mass is 650 g/mol. The second kappa shape index (κ2) is 34.9. The molecule has 0 spiro atoms. The maximum Gasteiger partial charge on any atom is 0.249 e. The van der Waals surface area contributed by atoms with Gasteiger partial charge in [0.25, 0.3) is 0 Å². The van der Waals surface area contributed by atoms with Gasteiger partial charge in [-0.25, -0.2) is 0 Å². The lowest BCUT2D eigenvalue weighted by Gasteiger charge is -2.27. The summed E-state index contributed by atoms with van der Waals surface area (Å²) in [5, 5.41) is 43.4. The van der Waals surface area contributed by atoms with E-state index in [-0.39, 0.29) is 0 Å². The van der Waals surface area contributed by atoms with E-state index in [1.54, 1.807) is 0 Å². The average Bonchev–Trinajstić information content (AvgIpc) is 3.06. The minimum atomic E-state index is -1.29. The Morgan fingerprint density at radius 1 is 0.522 bits per heavy atom. The molecule has 0 aliphatic heterocycles. The number of nitrogens with one attached hydrogen (secondary N) is 1. The number of unbranched alkanes of at least 4 members (excludes halogenated alkanes) is 19. The van der Waals surface area contributed by atoms with Gasteiger partial charge in [0.05, 0.1) is 18.8 Å². The van der Waals surface area contributed by atoms with Crippen LogP contribution in [0.1, 0.15) is 181 Å². The van der Waals surface area contributed by atoms with E-state index in [0.717, 1.165) is 51.4 Å². The summed E-state index contributed by atoms with van der Waals surface area (Å²) in [6.45, 7) is 3.99. The van der Waals surface area contributed by atoms with E-state index in [1.807, 2.05) is 0 Å². The first-order valence-corrected chi connectivity index (χ1v) is 19.4. The van der Waals surface area contributed by atoms with Gasteiger partial charge in [0.1, 0.15) is 12.2 Å². The molecule has 6 heteroatoms. The van der Waals surface area contributed by atoms with Crippen LogP contribution in [-0.4, -0.2) is 57.3 Å². The average molecular weight is 650 g/mol. The number of allylic oxidation sites excluding steroid dienone is 6. The third-order valence-corrected chi connectivity index (χ3v) is 8.81. The Morgan fingerprint density at radius 2 is 0.913 bits per heavy atom. The zero-order valence-electron chi connectivity index (χ0n) is 30.1. The molecule has 4 atom stereocenters. The molecular weight excluding hydrogens is 574 g/mol. The molecule has 0 aliphatic carbocycles. The number of hydrogen-bond acceptors (Lipinski definition) is 5. The van der Waals surface area contributed by atoms with Crippen molar-refractivity contribution >= 4 is 5.91 Å². The van der Waals surface area contributed by atoms with E-state index < -0.39 is 36.9 Å². The number of amides is 1. The number of carbonyl (C=O) groups is 1. The predicted octanol–water partition coefficient (Wildman–Crippen LogP) is 9.40. The van der Waals surface area contributed by atoms with Gasteiger partial charge in [-0.05, 0) is 64.2 Å². The van der Waals surface area contributed by atoms with E-state index in [4.69, 9.17) is 0 Å². The summed E-state index contributed by atoms with van der Waals surface area (Å²) >= 11 is 0. The van der Waals surface area contributed by atoms with Gasteiger partial charge in [0.15, 0.2) is 0 Å². The van der Waals surface area contributed by atoms with Crippen LogP contribution in [-0.2, 0) is 4.79 Å². The van der Waals surface area contributed by atoms with Crippen molar-refractivity contribution in [2.75, 3.05) is 6.61 Å². The summed E-state index contributed by atoms with van der Waals surface area (Å²) in [6.07, 6.45) is 38.8. The van der Waals surface area contributed by atoms with Crippen molar-refractivity contribution in [3.63, 3.8) is 0 Å². The molecular formula is C40H75NO5. The molecule has 46 heavy (non-hydrogen) atoms. The van der Waals surface area contributed by atoms with Crippen LogP contribution in [0.3, 0.4) is 0 Å². The largest absolute Gasteiger partial charge is 0.394 e. The summed E-state index contributed by atoms with van der Waals surface area (Å²) in [4.78, 5) is 12.4. The molecule has 270 valence electrons. The van der Waals surface area contributed by atoms with Crippen LogP contribution in [0.4, 0.5) is 0 Å². The highest BCUT2D eigenvalue weighted by atomic mass is 16.3. The molecule has 0 aromatic carbocycles. The Balaban J connectivity index is 3.90. The maximum atomic E-state index is 12.4. The van der Waals surface area contributed by atoms with Crippen LogP contribution in [0.5, 0.6) is 0 Å². The third kappa shape index (κ3) is 28.7. The highest BCUT2D eigenvalue weighted by Gasteiger charge is 2.28. The molecule has 0 aliphatic rings. The van der Waals surface area contributed by atoms with Crippen molar-refractivity contribution < 1.29 is 25.2 Å². The number of carbonyl (C=O) groups excluding carboxylic acids is 1. The van der Waals surface area contributed by atoms with Crippen LogP contribution < -0.4 is 5.32 Å². The van der Waals surface area contributed by atoms with Crippen LogP contribution in [0.25, 0.3) is 0 Å². The minimum Gasteiger partial charge on any atom is -0.394 e. The van der Waals surface area contributed by atoms with Crippen molar-refractivity contribution in [1.82, 2.24) is 5.32 Å². The summed E-state index contributed by atoms with van der Waals surface area (Å²) < 4.78 is 0. The first kappa shape index (κ1) is 44.5. The quantitative estimate of drug-likeness (QED) is 0.0352. The molecule has 6 nitrogen and oxygen atoms in total. The summed E-state index contributed by atoms with van der Waals surface area (Å²) in [5.41, 5.74) is 0. The SMILES string of the molecule is CCCCCCC/C=C/CC/C=C/CC/C=C/CCCC(O)C(O)C(CO)NC(=O)C(O)CCCCCCCCCCCCCC. The predicted molar refractivity (Wildman–Crippen MR) is 196 cm³/mol. The van der Waals surface area contributed by atoms with Crippen molar-refractivity contribution in [3.8, 4) is 0 Å². The smallest absolute Gasteiger partial charge is 0.249 e. The second-order valence-electron chi connectivity index (χ2n) is 13.3. The lowest BCUT2D eigenvalue weighted by molar-refractivity contribution is -0.132. The molecule has 1 amide bonds. The van der Waals surface area contributed by atoms with Crippen LogP contribution in [0.2, 0.25) is 0 Å². The van der Waals surface area contributed by atoms with Crippen molar-refractivity contribution in [1.29, 1.82) is 0 Å². The first-order chi connectivity index (χ1) is 22.5. The summed E-state index contributed by atoms with van der Waals surface area (Å²) in [7, 11) is 0. The molecule has 5 N–H and O–H groups in total. The maximum absolute atomic E-state index is 12.4. The van der Waals surface area contributed by atoms with Crippen molar-refractivity contribution in [2.24, 2.45) is 0 Å². The van der Waals surface area contributed by atoms with Gasteiger partial charge in [0.2, 0.25) is 5.91 Å². The Hall–Kier alpha value is -1.47. The summed E-state index contributed by atoms with van der Waals surface area (Å²) in [5.74, 6) is -0.602. The normalized spacial score (nSPS) is 14.8. The highest BCUT2D eigenvalue weighted by molar-refractivity contribution is 5.80. The number of aliphatic hydroxyl groups is 4. The van der Waals surface area contributed by atoms with Crippen LogP contribution >= 0.6 is 0 Å². The fourth-order valence-corrected chi connectivity index (χ4v) is 5.67. The molecule has 0 heterocycles. The Morgan fingerprint density at radius 3 is 1.37 bits per heavy atom. The van der Waals surface area contributed by atoms with E-state index in [1.165, 1.54) is 96.3 Å². The van der Waals surface area contributed by atoms with Gasteiger partial charge in [-0.3, -0.25) is 4.79 Å². The van der Waals surface area contributed by atoms with E-state index in [9.17, 15) is 25.2 Å². The fourth-order valence-electron chi connectivity index (χ4n) is 5.67. The van der Waals surface area contributed by atoms with E-state index in [2.05, 4.69) is 55.6 Å². The molecule has 0 aromatic rings. The number of hydrogen-bond donors (Lipinski definition) is 5.